The van der Waals surface area contributed by atoms with Crippen LogP contribution in [-0.2, 0) is 7.05 Å². The van der Waals surface area contributed by atoms with E-state index < -0.39 is 0 Å². The summed E-state index contributed by atoms with van der Waals surface area (Å²) in [5.41, 5.74) is 2.25. The first kappa shape index (κ1) is 14.0. The van der Waals surface area contributed by atoms with Gasteiger partial charge in [0, 0.05) is 18.4 Å². The van der Waals surface area contributed by atoms with E-state index in [4.69, 9.17) is 4.42 Å². The molecule has 2 heterocycles. The van der Waals surface area contributed by atoms with Gasteiger partial charge in [-0.15, -0.1) is 0 Å². The van der Waals surface area contributed by atoms with Crippen molar-refractivity contribution in [2.45, 2.75) is 20.8 Å². The number of fused-ring (bicyclic) bond motifs is 1. The third kappa shape index (κ3) is 2.19. The molecule has 21 heavy (non-hydrogen) atoms. The average molecular weight is 348 g/mol. The molecule has 3 rings (SSSR count). The van der Waals surface area contributed by atoms with Gasteiger partial charge < -0.3 is 4.42 Å². The summed E-state index contributed by atoms with van der Waals surface area (Å²) in [6.45, 7) is 5.56. The number of rotatable bonds is 1. The fourth-order valence-corrected chi connectivity index (χ4v) is 3.07. The minimum atomic E-state index is -0.104. The molecule has 0 aliphatic rings. The molecule has 0 fully saturated rings. The summed E-state index contributed by atoms with van der Waals surface area (Å²) in [6.07, 6.45) is 0. The average Bonchev–Trinajstić information content (AvgIpc) is 2.73. The van der Waals surface area contributed by atoms with Gasteiger partial charge in [-0.05, 0) is 47.5 Å². The minimum Gasteiger partial charge on any atom is -0.437 e. The topological polar surface area (TPSA) is 60.9 Å². The molecule has 3 aromatic rings. The first-order valence-corrected chi connectivity index (χ1v) is 7.29. The zero-order valence-electron chi connectivity index (χ0n) is 12.2. The number of halogens is 1. The molecule has 6 heteroatoms. The van der Waals surface area contributed by atoms with Gasteiger partial charge in [-0.1, -0.05) is 0 Å². The van der Waals surface area contributed by atoms with E-state index in [9.17, 15) is 4.79 Å². The Kier molecular flexibility index (Phi) is 3.20. The molecule has 2 aromatic heterocycles. The van der Waals surface area contributed by atoms with Gasteiger partial charge in [0.25, 0.3) is 5.56 Å². The number of aromatic nitrogens is 3. The summed E-state index contributed by atoms with van der Waals surface area (Å²) in [4.78, 5) is 21.4. The zero-order chi connectivity index (χ0) is 15.3. The van der Waals surface area contributed by atoms with E-state index in [0.717, 1.165) is 15.7 Å². The SMILES string of the molecule is Cc1cc(Br)c2nc(-c3oc(C)nc3C)n(C)c(=O)c2c1. The van der Waals surface area contributed by atoms with Crippen LogP contribution in [0.15, 0.2) is 25.8 Å². The maximum absolute atomic E-state index is 12.6. The van der Waals surface area contributed by atoms with Crippen molar-refractivity contribution in [2.75, 3.05) is 0 Å². The van der Waals surface area contributed by atoms with Crippen LogP contribution in [0.3, 0.4) is 0 Å². The molecular formula is C15H14BrN3O2. The fourth-order valence-electron chi connectivity index (χ4n) is 2.41. The smallest absolute Gasteiger partial charge is 0.261 e. The molecule has 0 atom stereocenters. The fraction of sp³-hybridized carbons (Fsp3) is 0.267. The maximum atomic E-state index is 12.6. The third-order valence-corrected chi connectivity index (χ3v) is 3.99. The van der Waals surface area contributed by atoms with Crippen molar-refractivity contribution in [1.82, 2.24) is 14.5 Å². The van der Waals surface area contributed by atoms with Gasteiger partial charge in [0.1, 0.15) is 0 Å². The zero-order valence-corrected chi connectivity index (χ0v) is 13.8. The van der Waals surface area contributed by atoms with Gasteiger partial charge in [-0.3, -0.25) is 9.36 Å². The molecule has 0 aliphatic carbocycles. The van der Waals surface area contributed by atoms with Crippen LogP contribution in [0, 0.1) is 20.8 Å². The number of oxazole rings is 1. The van der Waals surface area contributed by atoms with Gasteiger partial charge in [0.2, 0.25) is 0 Å². The highest BCUT2D eigenvalue weighted by Gasteiger charge is 2.18. The molecule has 1 aromatic carbocycles. The summed E-state index contributed by atoms with van der Waals surface area (Å²) in [5, 5.41) is 0.585. The van der Waals surface area contributed by atoms with Crippen LogP contribution in [0.25, 0.3) is 22.5 Å². The maximum Gasteiger partial charge on any atom is 0.261 e. The number of aryl methyl sites for hydroxylation is 3. The van der Waals surface area contributed by atoms with Gasteiger partial charge in [-0.25, -0.2) is 9.97 Å². The summed E-state index contributed by atoms with van der Waals surface area (Å²) in [6, 6.07) is 3.79. The second kappa shape index (κ2) is 4.80. The van der Waals surface area contributed by atoms with Crippen molar-refractivity contribution in [1.29, 1.82) is 0 Å². The van der Waals surface area contributed by atoms with Crippen molar-refractivity contribution in [3.8, 4) is 11.6 Å². The predicted molar refractivity (Wildman–Crippen MR) is 84.4 cm³/mol. The first-order valence-electron chi connectivity index (χ1n) is 6.49. The number of hydrogen-bond acceptors (Lipinski definition) is 4. The molecule has 0 N–H and O–H groups in total. The Bertz CT molecular complexity index is 925. The lowest BCUT2D eigenvalue weighted by Gasteiger charge is -2.09. The Morgan fingerprint density at radius 1 is 1.19 bits per heavy atom. The van der Waals surface area contributed by atoms with E-state index in [0.29, 0.717) is 28.4 Å². The lowest BCUT2D eigenvalue weighted by atomic mass is 10.1. The summed E-state index contributed by atoms with van der Waals surface area (Å²) < 4.78 is 7.90. The summed E-state index contributed by atoms with van der Waals surface area (Å²) in [5.74, 6) is 1.57. The lowest BCUT2D eigenvalue weighted by Crippen LogP contribution is -2.20. The Morgan fingerprint density at radius 2 is 1.90 bits per heavy atom. The molecule has 0 aliphatic heterocycles. The van der Waals surface area contributed by atoms with Crippen LogP contribution in [0.4, 0.5) is 0 Å². The second-order valence-electron chi connectivity index (χ2n) is 5.09. The first-order chi connectivity index (χ1) is 9.88. The number of hydrogen-bond donors (Lipinski definition) is 0. The van der Waals surface area contributed by atoms with Crippen LogP contribution in [0.1, 0.15) is 17.1 Å². The Labute approximate surface area is 129 Å². The van der Waals surface area contributed by atoms with Crippen molar-refractivity contribution in [3.63, 3.8) is 0 Å². The molecule has 5 nitrogen and oxygen atoms in total. The van der Waals surface area contributed by atoms with Crippen LogP contribution in [-0.4, -0.2) is 14.5 Å². The van der Waals surface area contributed by atoms with Crippen molar-refractivity contribution in [3.05, 3.63) is 44.1 Å². The molecule has 0 bridgehead atoms. The van der Waals surface area contributed by atoms with Gasteiger partial charge in [0.05, 0.1) is 16.6 Å². The van der Waals surface area contributed by atoms with Gasteiger partial charge in [0.15, 0.2) is 17.5 Å². The quantitative estimate of drug-likeness (QED) is 0.677. The highest BCUT2D eigenvalue weighted by molar-refractivity contribution is 9.10. The third-order valence-electron chi connectivity index (χ3n) is 3.38. The molecule has 0 unspecified atom stereocenters. The number of benzene rings is 1. The van der Waals surface area contributed by atoms with Crippen LogP contribution in [0.5, 0.6) is 0 Å². The van der Waals surface area contributed by atoms with Gasteiger partial charge >= 0.3 is 0 Å². The minimum absolute atomic E-state index is 0.104. The molecule has 0 saturated carbocycles. The lowest BCUT2D eigenvalue weighted by molar-refractivity contribution is 0.526. The molecule has 0 saturated heterocycles. The number of nitrogens with zero attached hydrogens (tertiary/aromatic N) is 3. The van der Waals surface area contributed by atoms with Crippen molar-refractivity contribution >= 4 is 26.8 Å². The van der Waals surface area contributed by atoms with Crippen LogP contribution in [0.2, 0.25) is 0 Å². The van der Waals surface area contributed by atoms with Crippen LogP contribution < -0.4 is 5.56 Å². The standard InChI is InChI=1S/C15H14BrN3O2/c1-7-5-10-12(11(16)6-7)18-14(19(4)15(10)20)13-8(2)17-9(3)21-13/h5-6H,1-4H3. The second-order valence-corrected chi connectivity index (χ2v) is 5.94. The van der Waals surface area contributed by atoms with Crippen molar-refractivity contribution in [2.24, 2.45) is 7.05 Å². The van der Waals surface area contributed by atoms with E-state index in [-0.39, 0.29) is 5.56 Å². The van der Waals surface area contributed by atoms with E-state index in [1.807, 2.05) is 26.0 Å². The Morgan fingerprint density at radius 3 is 2.52 bits per heavy atom. The largest absolute Gasteiger partial charge is 0.437 e. The monoisotopic (exact) mass is 347 g/mol. The summed E-state index contributed by atoms with van der Waals surface area (Å²) >= 11 is 3.48. The van der Waals surface area contributed by atoms with E-state index in [2.05, 4.69) is 25.9 Å². The van der Waals surface area contributed by atoms with Crippen molar-refractivity contribution < 1.29 is 4.42 Å². The highest BCUT2D eigenvalue weighted by Crippen LogP contribution is 2.27. The van der Waals surface area contributed by atoms with E-state index in [1.165, 1.54) is 4.57 Å². The summed E-state index contributed by atoms with van der Waals surface area (Å²) in [7, 11) is 1.69. The van der Waals surface area contributed by atoms with Crippen LogP contribution >= 0.6 is 15.9 Å². The normalized spacial score (nSPS) is 11.3. The Hall–Kier alpha value is -1.95. The van der Waals surface area contributed by atoms with E-state index in [1.54, 1.807) is 14.0 Å². The Balaban J connectivity index is 2.43. The molecule has 0 amide bonds. The molecular weight excluding hydrogens is 334 g/mol. The molecule has 0 spiro atoms. The van der Waals surface area contributed by atoms with Gasteiger partial charge in [-0.2, -0.15) is 0 Å². The highest BCUT2D eigenvalue weighted by atomic mass is 79.9. The molecule has 0 radical (unpaired) electrons. The predicted octanol–water partition coefficient (Wildman–Crippen LogP) is 3.28. The van der Waals surface area contributed by atoms with E-state index >= 15 is 0 Å². The molecule has 108 valence electrons.